The highest BCUT2D eigenvalue weighted by Crippen LogP contribution is 2.42. The van der Waals surface area contributed by atoms with Gasteiger partial charge in [0.05, 0.1) is 11.6 Å². The molecule has 1 aliphatic rings. The molecule has 2 heterocycles. The first kappa shape index (κ1) is 20.8. The Kier molecular flexibility index (Phi) is 5.85. The van der Waals surface area contributed by atoms with Crippen LogP contribution in [0.15, 0.2) is 72.9 Å². The Labute approximate surface area is 183 Å². The molecule has 0 saturated carbocycles. The van der Waals surface area contributed by atoms with Gasteiger partial charge in [-0.15, -0.1) is 0 Å². The Morgan fingerprint density at radius 3 is 2.42 bits per heavy atom. The van der Waals surface area contributed by atoms with Gasteiger partial charge in [0.15, 0.2) is 0 Å². The number of fused-ring (bicyclic) bond motifs is 1. The lowest BCUT2D eigenvalue weighted by Gasteiger charge is -2.43. The smallest absolute Gasteiger partial charge is 0.260 e. The number of amides is 2. The van der Waals surface area contributed by atoms with E-state index >= 15 is 0 Å². The summed E-state index contributed by atoms with van der Waals surface area (Å²) in [6, 6.07) is 21.1. The second kappa shape index (κ2) is 8.72. The molecule has 0 saturated heterocycles. The minimum absolute atomic E-state index is 0.0701. The van der Waals surface area contributed by atoms with Gasteiger partial charge in [0.2, 0.25) is 5.91 Å². The van der Waals surface area contributed by atoms with Gasteiger partial charge in [0.1, 0.15) is 0 Å². The van der Waals surface area contributed by atoms with Crippen molar-refractivity contribution in [2.45, 2.75) is 45.7 Å². The van der Waals surface area contributed by atoms with E-state index in [1.165, 1.54) is 0 Å². The molecule has 5 nitrogen and oxygen atoms in total. The zero-order valence-corrected chi connectivity index (χ0v) is 18.2. The summed E-state index contributed by atoms with van der Waals surface area (Å²) in [6.07, 6.45) is 2.71. The van der Waals surface area contributed by atoms with Crippen molar-refractivity contribution in [3.63, 3.8) is 0 Å². The second-order valence-electron chi connectivity index (χ2n) is 7.98. The molecule has 0 unspecified atom stereocenters. The number of aromatic nitrogens is 1. The molecule has 5 heteroatoms. The van der Waals surface area contributed by atoms with E-state index in [1.54, 1.807) is 6.20 Å². The Morgan fingerprint density at radius 1 is 1.03 bits per heavy atom. The van der Waals surface area contributed by atoms with Crippen LogP contribution in [0.1, 0.15) is 54.3 Å². The van der Waals surface area contributed by atoms with E-state index in [0.717, 1.165) is 22.6 Å². The zero-order valence-electron chi connectivity index (χ0n) is 18.2. The lowest BCUT2D eigenvalue weighted by atomic mass is 9.89. The summed E-state index contributed by atoms with van der Waals surface area (Å²) in [5, 5.41) is 0. The average molecular weight is 414 g/mol. The van der Waals surface area contributed by atoms with Crippen molar-refractivity contribution < 1.29 is 9.59 Å². The number of benzene rings is 2. The SMILES string of the molecule is CCC(=O)N(c1ccccc1)[C@@H]1C[C@H](C)N(C(=O)c2ccc(C)nc2)c2ccccc21. The standard InChI is InChI=1S/C26H27N3O2/c1-4-25(30)29(21-10-6-5-7-11-21)24-16-19(3)28(23-13-9-8-12-22(23)24)26(31)20-15-14-18(2)27-17-20/h5-15,17,19,24H,4,16H2,1-3H3/t19-,24+/m0/s1. The monoisotopic (exact) mass is 413 g/mol. The highest BCUT2D eigenvalue weighted by Gasteiger charge is 2.38. The molecule has 0 N–H and O–H groups in total. The number of para-hydroxylation sites is 2. The van der Waals surface area contributed by atoms with E-state index in [0.29, 0.717) is 18.4 Å². The molecule has 2 amide bonds. The molecule has 0 bridgehead atoms. The predicted molar refractivity (Wildman–Crippen MR) is 123 cm³/mol. The van der Waals surface area contributed by atoms with Gasteiger partial charge < -0.3 is 9.80 Å². The lowest BCUT2D eigenvalue weighted by Crippen LogP contribution is -2.47. The van der Waals surface area contributed by atoms with E-state index in [1.807, 2.05) is 97.3 Å². The van der Waals surface area contributed by atoms with Crippen molar-refractivity contribution in [1.82, 2.24) is 4.98 Å². The molecule has 2 atom stereocenters. The van der Waals surface area contributed by atoms with E-state index in [-0.39, 0.29) is 23.9 Å². The number of hydrogen-bond acceptors (Lipinski definition) is 3. The number of pyridine rings is 1. The van der Waals surface area contributed by atoms with Gasteiger partial charge in [-0.25, -0.2) is 0 Å². The Balaban J connectivity index is 1.78. The molecule has 0 fully saturated rings. The summed E-state index contributed by atoms with van der Waals surface area (Å²) in [5.74, 6) is -0.000284. The highest BCUT2D eigenvalue weighted by atomic mass is 16.2. The molecule has 2 aromatic carbocycles. The van der Waals surface area contributed by atoms with Crippen LogP contribution in [0, 0.1) is 6.92 Å². The van der Waals surface area contributed by atoms with Crippen molar-refractivity contribution in [3.05, 3.63) is 89.7 Å². The molecule has 4 rings (SSSR count). The molecule has 1 aliphatic heterocycles. The summed E-state index contributed by atoms with van der Waals surface area (Å²) in [6.45, 7) is 5.83. The van der Waals surface area contributed by atoms with Crippen LogP contribution in [0.4, 0.5) is 11.4 Å². The first-order valence-electron chi connectivity index (χ1n) is 10.7. The third-order valence-electron chi connectivity index (χ3n) is 5.85. The summed E-state index contributed by atoms with van der Waals surface area (Å²) in [4.78, 5) is 34.5. The van der Waals surface area contributed by atoms with Crippen molar-refractivity contribution in [2.75, 3.05) is 9.80 Å². The molecular formula is C26H27N3O2. The van der Waals surface area contributed by atoms with Crippen LogP contribution in [0.3, 0.4) is 0 Å². The highest BCUT2D eigenvalue weighted by molar-refractivity contribution is 6.07. The van der Waals surface area contributed by atoms with Crippen molar-refractivity contribution in [3.8, 4) is 0 Å². The second-order valence-corrected chi connectivity index (χ2v) is 7.98. The minimum atomic E-state index is -0.138. The number of carbonyl (C=O) groups excluding carboxylic acids is 2. The molecular weight excluding hydrogens is 386 g/mol. The van der Waals surface area contributed by atoms with Gasteiger partial charge in [-0.3, -0.25) is 14.6 Å². The third-order valence-corrected chi connectivity index (χ3v) is 5.85. The molecule has 1 aromatic heterocycles. The van der Waals surface area contributed by atoms with E-state index in [4.69, 9.17) is 0 Å². The van der Waals surface area contributed by atoms with Crippen molar-refractivity contribution in [2.24, 2.45) is 0 Å². The molecule has 0 spiro atoms. The molecule has 31 heavy (non-hydrogen) atoms. The number of hydrogen-bond donors (Lipinski definition) is 0. The largest absolute Gasteiger partial charge is 0.305 e. The number of anilines is 2. The zero-order chi connectivity index (χ0) is 22.0. The third kappa shape index (κ3) is 3.96. The number of carbonyl (C=O) groups is 2. The average Bonchev–Trinajstić information content (AvgIpc) is 2.80. The first-order valence-corrected chi connectivity index (χ1v) is 10.7. The topological polar surface area (TPSA) is 53.5 Å². The summed E-state index contributed by atoms with van der Waals surface area (Å²) in [5.41, 5.74) is 4.15. The Bertz CT molecular complexity index is 1080. The minimum Gasteiger partial charge on any atom is -0.305 e. The van der Waals surface area contributed by atoms with E-state index < -0.39 is 0 Å². The van der Waals surface area contributed by atoms with Crippen LogP contribution >= 0.6 is 0 Å². The van der Waals surface area contributed by atoms with Crippen LogP contribution in [0.5, 0.6) is 0 Å². The van der Waals surface area contributed by atoms with Gasteiger partial charge in [-0.1, -0.05) is 43.3 Å². The number of rotatable bonds is 4. The van der Waals surface area contributed by atoms with E-state index in [9.17, 15) is 9.59 Å². The van der Waals surface area contributed by atoms with Crippen LogP contribution in [0.2, 0.25) is 0 Å². The van der Waals surface area contributed by atoms with Crippen molar-refractivity contribution in [1.29, 1.82) is 0 Å². The fourth-order valence-electron chi connectivity index (χ4n) is 4.33. The van der Waals surface area contributed by atoms with Crippen molar-refractivity contribution >= 4 is 23.2 Å². The predicted octanol–water partition coefficient (Wildman–Crippen LogP) is 5.31. The van der Waals surface area contributed by atoms with Gasteiger partial charge in [-0.2, -0.15) is 0 Å². The molecule has 0 radical (unpaired) electrons. The maximum Gasteiger partial charge on any atom is 0.260 e. The van der Waals surface area contributed by atoms with Crippen LogP contribution in [0.25, 0.3) is 0 Å². The quantitative estimate of drug-likeness (QED) is 0.582. The van der Waals surface area contributed by atoms with E-state index in [2.05, 4.69) is 4.98 Å². The normalized spacial score (nSPS) is 17.7. The Hall–Kier alpha value is -3.47. The van der Waals surface area contributed by atoms with Crippen LogP contribution in [-0.2, 0) is 4.79 Å². The maximum absolute atomic E-state index is 13.4. The maximum atomic E-state index is 13.4. The van der Waals surface area contributed by atoms with Crippen LogP contribution < -0.4 is 9.80 Å². The van der Waals surface area contributed by atoms with Gasteiger partial charge in [0.25, 0.3) is 5.91 Å². The molecule has 0 aliphatic carbocycles. The molecule has 158 valence electrons. The molecule has 3 aromatic rings. The summed E-state index contributed by atoms with van der Waals surface area (Å²) >= 11 is 0. The fraction of sp³-hybridized carbons (Fsp3) is 0.269. The van der Waals surface area contributed by atoms with Gasteiger partial charge in [-0.05, 0) is 56.2 Å². The Morgan fingerprint density at radius 2 is 1.74 bits per heavy atom. The number of aryl methyl sites for hydroxylation is 1. The summed E-state index contributed by atoms with van der Waals surface area (Å²) < 4.78 is 0. The lowest BCUT2D eigenvalue weighted by molar-refractivity contribution is -0.118. The first-order chi connectivity index (χ1) is 15.0. The fourth-order valence-corrected chi connectivity index (χ4v) is 4.33. The summed E-state index contributed by atoms with van der Waals surface area (Å²) in [7, 11) is 0. The van der Waals surface area contributed by atoms with Gasteiger partial charge in [0, 0.05) is 35.7 Å². The number of nitrogens with zero attached hydrogens (tertiary/aromatic N) is 3. The van der Waals surface area contributed by atoms with Crippen LogP contribution in [-0.4, -0.2) is 22.8 Å². The van der Waals surface area contributed by atoms with Gasteiger partial charge >= 0.3 is 0 Å².